The zero-order chi connectivity index (χ0) is 24.8. The van der Waals surface area contributed by atoms with Crippen molar-refractivity contribution in [3.8, 4) is 17.2 Å². The molecule has 0 unspecified atom stereocenters. The monoisotopic (exact) mass is 474 g/mol. The number of nitrogens with zero attached hydrogens (tertiary/aromatic N) is 2. The highest BCUT2D eigenvalue weighted by Gasteiger charge is 2.32. The molecule has 0 saturated carbocycles. The van der Waals surface area contributed by atoms with Gasteiger partial charge in [0.2, 0.25) is 5.75 Å². The molecule has 2 aromatic rings. The van der Waals surface area contributed by atoms with Crippen molar-refractivity contribution in [2.45, 2.75) is 32.5 Å². The minimum absolute atomic E-state index is 0.0294. The van der Waals surface area contributed by atoms with Crippen LogP contribution in [0, 0.1) is 5.82 Å². The lowest BCUT2D eigenvalue weighted by molar-refractivity contribution is -0.139. The highest BCUT2D eigenvalue weighted by atomic mass is 19.1. The zero-order valence-corrected chi connectivity index (χ0v) is 20.2. The van der Waals surface area contributed by atoms with Gasteiger partial charge in [-0.2, -0.15) is 0 Å². The Kier molecular flexibility index (Phi) is 8.33. The molecule has 2 aromatic carbocycles. The molecular formula is C25H31FN2O6. The van der Waals surface area contributed by atoms with E-state index >= 15 is 0 Å². The summed E-state index contributed by atoms with van der Waals surface area (Å²) < 4.78 is 34.5. The molecule has 1 heterocycles. The number of hydrogen-bond acceptors (Lipinski definition) is 7. The quantitative estimate of drug-likeness (QED) is 0.544. The second kappa shape index (κ2) is 11.2. The molecule has 2 atom stereocenters. The van der Waals surface area contributed by atoms with E-state index in [-0.39, 0.29) is 53.2 Å². The number of carbonyl (C=O) groups excluding carboxylic acids is 2. The summed E-state index contributed by atoms with van der Waals surface area (Å²) in [7, 11) is 4.16. The van der Waals surface area contributed by atoms with Gasteiger partial charge in [-0.15, -0.1) is 0 Å². The molecule has 1 amide bonds. The van der Waals surface area contributed by atoms with Crippen molar-refractivity contribution < 1.29 is 32.9 Å². The van der Waals surface area contributed by atoms with E-state index in [2.05, 4.69) is 11.8 Å². The maximum atomic E-state index is 13.2. The number of piperazine rings is 1. The minimum Gasteiger partial charge on any atom is -0.493 e. The van der Waals surface area contributed by atoms with Crippen LogP contribution in [0.15, 0.2) is 36.4 Å². The fraction of sp³-hybridized carbons (Fsp3) is 0.440. The number of rotatable bonds is 8. The topological polar surface area (TPSA) is 77.5 Å². The first-order valence-electron chi connectivity index (χ1n) is 11.0. The van der Waals surface area contributed by atoms with Gasteiger partial charge in [0.1, 0.15) is 5.82 Å². The average molecular weight is 475 g/mol. The third-order valence-corrected chi connectivity index (χ3v) is 5.96. The summed E-state index contributed by atoms with van der Waals surface area (Å²) in [6.45, 7) is 5.76. The number of esters is 1. The molecule has 0 aliphatic carbocycles. The molecule has 3 rings (SSSR count). The number of halogens is 1. The number of benzene rings is 2. The van der Waals surface area contributed by atoms with E-state index in [1.54, 1.807) is 17.0 Å². The van der Waals surface area contributed by atoms with Crippen LogP contribution in [0.4, 0.5) is 4.39 Å². The first kappa shape index (κ1) is 25.3. The second-order valence-electron chi connectivity index (χ2n) is 8.29. The predicted octanol–water partition coefficient (Wildman–Crippen LogP) is 3.13. The Morgan fingerprint density at radius 3 is 2.15 bits per heavy atom. The number of ether oxygens (including phenoxy) is 4. The Bertz CT molecular complexity index is 988. The number of carbonyl (C=O) groups is 2. The summed E-state index contributed by atoms with van der Waals surface area (Å²) in [5, 5.41) is 0. The summed E-state index contributed by atoms with van der Waals surface area (Å²) in [6, 6.07) is 9.53. The van der Waals surface area contributed by atoms with Crippen LogP contribution in [-0.2, 0) is 16.1 Å². The molecule has 9 heteroatoms. The SMILES string of the molecule is COC(=O)c1cc(OC)c(OCC(=O)N2C[C@H](C)N(Cc3ccc(F)cc3)C[C@H]2C)c(OC)c1. The van der Waals surface area contributed by atoms with Crippen LogP contribution >= 0.6 is 0 Å². The van der Waals surface area contributed by atoms with Gasteiger partial charge in [0.25, 0.3) is 5.91 Å². The largest absolute Gasteiger partial charge is 0.493 e. The number of hydrogen-bond donors (Lipinski definition) is 0. The van der Waals surface area contributed by atoms with Gasteiger partial charge < -0.3 is 23.8 Å². The van der Waals surface area contributed by atoms with Gasteiger partial charge >= 0.3 is 5.97 Å². The molecule has 0 spiro atoms. The zero-order valence-electron chi connectivity index (χ0n) is 20.2. The van der Waals surface area contributed by atoms with Gasteiger partial charge in [-0.3, -0.25) is 9.69 Å². The van der Waals surface area contributed by atoms with Crippen LogP contribution < -0.4 is 14.2 Å². The molecule has 1 aliphatic rings. The molecule has 0 aromatic heterocycles. The van der Waals surface area contributed by atoms with E-state index in [0.717, 1.165) is 5.56 Å². The normalized spacial score (nSPS) is 18.4. The van der Waals surface area contributed by atoms with Crippen molar-refractivity contribution in [2.75, 3.05) is 41.0 Å². The van der Waals surface area contributed by atoms with E-state index in [1.165, 1.54) is 45.6 Å². The van der Waals surface area contributed by atoms with Gasteiger partial charge in [0.15, 0.2) is 18.1 Å². The van der Waals surface area contributed by atoms with Gasteiger partial charge in [-0.05, 0) is 43.7 Å². The average Bonchev–Trinajstić information content (AvgIpc) is 2.84. The van der Waals surface area contributed by atoms with Crippen LogP contribution in [0.2, 0.25) is 0 Å². The summed E-state index contributed by atoms with van der Waals surface area (Å²) in [4.78, 5) is 29.0. The van der Waals surface area contributed by atoms with Crippen LogP contribution in [0.1, 0.15) is 29.8 Å². The van der Waals surface area contributed by atoms with Gasteiger partial charge in [-0.1, -0.05) is 12.1 Å². The van der Waals surface area contributed by atoms with Crippen molar-refractivity contribution in [3.63, 3.8) is 0 Å². The molecule has 8 nitrogen and oxygen atoms in total. The van der Waals surface area contributed by atoms with E-state index in [4.69, 9.17) is 18.9 Å². The Hall–Kier alpha value is -3.33. The molecule has 0 bridgehead atoms. The lowest BCUT2D eigenvalue weighted by Gasteiger charge is -2.44. The van der Waals surface area contributed by atoms with Crippen molar-refractivity contribution >= 4 is 11.9 Å². The van der Waals surface area contributed by atoms with Crippen LogP contribution in [-0.4, -0.2) is 74.8 Å². The highest BCUT2D eigenvalue weighted by molar-refractivity contribution is 5.91. The molecule has 1 fully saturated rings. The first-order chi connectivity index (χ1) is 16.3. The fourth-order valence-corrected chi connectivity index (χ4v) is 4.06. The highest BCUT2D eigenvalue weighted by Crippen LogP contribution is 2.39. The molecule has 0 radical (unpaired) electrons. The Morgan fingerprint density at radius 2 is 1.59 bits per heavy atom. The third-order valence-electron chi connectivity index (χ3n) is 5.96. The lowest BCUT2D eigenvalue weighted by Crippen LogP contribution is -2.58. The minimum atomic E-state index is -0.541. The second-order valence-corrected chi connectivity index (χ2v) is 8.29. The van der Waals surface area contributed by atoms with E-state index in [0.29, 0.717) is 19.6 Å². The van der Waals surface area contributed by atoms with E-state index in [1.807, 2.05) is 6.92 Å². The Morgan fingerprint density at radius 1 is 0.971 bits per heavy atom. The molecule has 0 N–H and O–H groups in total. The first-order valence-corrected chi connectivity index (χ1v) is 11.0. The summed E-state index contributed by atoms with van der Waals surface area (Å²) in [6.07, 6.45) is 0. The number of amides is 1. The molecule has 1 aliphatic heterocycles. The fourth-order valence-electron chi connectivity index (χ4n) is 4.06. The maximum Gasteiger partial charge on any atom is 0.338 e. The Labute approximate surface area is 199 Å². The van der Waals surface area contributed by atoms with E-state index < -0.39 is 5.97 Å². The van der Waals surface area contributed by atoms with Crippen molar-refractivity contribution in [3.05, 3.63) is 53.3 Å². The maximum absolute atomic E-state index is 13.2. The number of methoxy groups -OCH3 is 3. The van der Waals surface area contributed by atoms with Crippen molar-refractivity contribution in [2.24, 2.45) is 0 Å². The lowest BCUT2D eigenvalue weighted by atomic mass is 10.1. The summed E-state index contributed by atoms with van der Waals surface area (Å²) in [5.74, 6) is -0.200. The van der Waals surface area contributed by atoms with Crippen LogP contribution in [0.25, 0.3) is 0 Å². The van der Waals surface area contributed by atoms with Crippen molar-refractivity contribution in [1.82, 2.24) is 9.80 Å². The van der Waals surface area contributed by atoms with Gasteiger partial charge in [0.05, 0.1) is 26.9 Å². The van der Waals surface area contributed by atoms with Gasteiger partial charge in [-0.25, -0.2) is 9.18 Å². The predicted molar refractivity (Wildman–Crippen MR) is 124 cm³/mol. The standard InChI is InChI=1S/C25H31FN2O6/c1-16-13-28(17(2)12-27(16)14-18-6-8-20(26)9-7-18)23(29)15-34-24-21(31-3)10-19(25(30)33-5)11-22(24)32-4/h6-11,16-17H,12-15H2,1-5H3/t16-,17+/m0/s1. The third kappa shape index (κ3) is 5.77. The van der Waals surface area contributed by atoms with Gasteiger partial charge in [0, 0.05) is 31.7 Å². The summed E-state index contributed by atoms with van der Waals surface area (Å²) in [5.41, 5.74) is 1.27. The van der Waals surface area contributed by atoms with Crippen molar-refractivity contribution in [1.29, 1.82) is 0 Å². The Balaban J connectivity index is 1.66. The molecule has 34 heavy (non-hydrogen) atoms. The van der Waals surface area contributed by atoms with Crippen LogP contribution in [0.5, 0.6) is 17.2 Å². The summed E-state index contributed by atoms with van der Waals surface area (Å²) >= 11 is 0. The smallest absolute Gasteiger partial charge is 0.338 e. The molecule has 184 valence electrons. The van der Waals surface area contributed by atoms with E-state index in [9.17, 15) is 14.0 Å². The molecule has 1 saturated heterocycles. The molecular weight excluding hydrogens is 443 g/mol. The van der Waals surface area contributed by atoms with Crippen LogP contribution in [0.3, 0.4) is 0 Å².